The zero-order valence-corrected chi connectivity index (χ0v) is 13.3. The predicted molar refractivity (Wildman–Crippen MR) is 76.9 cm³/mol. The number of hydrogen-bond acceptors (Lipinski definition) is 4. The predicted octanol–water partition coefficient (Wildman–Crippen LogP) is 2.06. The van der Waals surface area contributed by atoms with Gasteiger partial charge < -0.3 is 4.90 Å². The number of thiophene rings is 1. The van der Waals surface area contributed by atoms with Crippen LogP contribution in [0.1, 0.15) is 11.3 Å². The van der Waals surface area contributed by atoms with E-state index < -0.39 is 10.0 Å². The maximum Gasteiger partial charge on any atom is 0.252 e. The van der Waals surface area contributed by atoms with Crippen LogP contribution in [0.4, 0.5) is 0 Å². The summed E-state index contributed by atoms with van der Waals surface area (Å²) in [4.78, 5) is 2.91. The molecule has 1 aromatic rings. The Morgan fingerprint density at radius 2 is 1.89 bits per heavy atom. The molecular formula is C11H19ClN2O2S2. The molecule has 1 aromatic heterocycles. The van der Waals surface area contributed by atoms with E-state index in [0.29, 0.717) is 16.6 Å². The first-order valence-corrected chi connectivity index (χ1v) is 8.42. The highest BCUT2D eigenvalue weighted by Crippen LogP contribution is 2.25. The Labute approximate surface area is 118 Å². The zero-order chi connectivity index (χ0) is 13.8. The molecule has 0 aliphatic rings. The molecule has 0 unspecified atom stereocenters. The summed E-state index contributed by atoms with van der Waals surface area (Å²) in [6.07, 6.45) is 0.816. The molecule has 0 N–H and O–H groups in total. The molecule has 0 aliphatic carbocycles. The number of alkyl halides is 1. The average Bonchev–Trinajstić information content (AvgIpc) is 2.77. The van der Waals surface area contributed by atoms with E-state index in [-0.39, 0.29) is 0 Å². The van der Waals surface area contributed by atoms with Gasteiger partial charge in [0.1, 0.15) is 4.21 Å². The van der Waals surface area contributed by atoms with Crippen molar-refractivity contribution in [3.63, 3.8) is 0 Å². The van der Waals surface area contributed by atoms with Crippen molar-refractivity contribution < 1.29 is 8.42 Å². The number of nitrogens with zero attached hydrogens (tertiary/aromatic N) is 2. The fourth-order valence-electron chi connectivity index (χ4n) is 1.45. The Morgan fingerprint density at radius 3 is 2.39 bits per heavy atom. The van der Waals surface area contributed by atoms with Crippen molar-refractivity contribution in [3.05, 3.63) is 17.0 Å². The number of halogens is 1. The Kier molecular flexibility index (Phi) is 6.07. The fraction of sp³-hybridized carbons (Fsp3) is 0.636. The minimum absolute atomic E-state index is 0.352. The van der Waals surface area contributed by atoms with Crippen LogP contribution >= 0.6 is 22.9 Å². The van der Waals surface area contributed by atoms with Gasteiger partial charge in [-0.2, -0.15) is 0 Å². The highest BCUT2D eigenvalue weighted by atomic mass is 35.5. The topological polar surface area (TPSA) is 40.6 Å². The quantitative estimate of drug-likeness (QED) is 0.724. The Balaban J connectivity index is 2.67. The third-order valence-corrected chi connectivity index (χ3v) is 6.37. The molecule has 0 bridgehead atoms. The Morgan fingerprint density at radius 1 is 1.22 bits per heavy atom. The van der Waals surface area contributed by atoms with Gasteiger partial charge in [-0.05, 0) is 39.2 Å². The van der Waals surface area contributed by atoms with E-state index in [1.54, 1.807) is 19.2 Å². The molecule has 0 amide bonds. The van der Waals surface area contributed by atoms with Crippen LogP contribution < -0.4 is 0 Å². The van der Waals surface area contributed by atoms with Crippen molar-refractivity contribution >= 4 is 33.0 Å². The molecule has 1 rings (SSSR count). The van der Waals surface area contributed by atoms with Crippen molar-refractivity contribution in [1.82, 2.24) is 9.21 Å². The van der Waals surface area contributed by atoms with Crippen LogP contribution in [0, 0.1) is 0 Å². The minimum Gasteiger partial charge on any atom is -0.309 e. The molecule has 0 fully saturated rings. The third-order valence-electron chi connectivity index (χ3n) is 2.51. The maximum atomic E-state index is 12.2. The van der Waals surface area contributed by atoms with Crippen LogP contribution in [0.15, 0.2) is 16.3 Å². The van der Waals surface area contributed by atoms with Crippen LogP contribution in [0.3, 0.4) is 0 Å². The molecule has 0 saturated heterocycles. The van der Waals surface area contributed by atoms with E-state index in [9.17, 15) is 8.42 Å². The second kappa shape index (κ2) is 6.86. The van der Waals surface area contributed by atoms with Crippen LogP contribution in [0.25, 0.3) is 0 Å². The van der Waals surface area contributed by atoms with Gasteiger partial charge >= 0.3 is 0 Å². The summed E-state index contributed by atoms with van der Waals surface area (Å²) in [5.41, 5.74) is 0. The molecule has 18 heavy (non-hydrogen) atoms. The normalized spacial score (nSPS) is 12.6. The van der Waals surface area contributed by atoms with E-state index in [2.05, 4.69) is 0 Å². The van der Waals surface area contributed by atoms with Gasteiger partial charge in [0.15, 0.2) is 0 Å². The summed E-state index contributed by atoms with van der Waals surface area (Å²) in [5.74, 6) is 0.352. The summed E-state index contributed by atoms with van der Waals surface area (Å²) < 4.78 is 26.2. The molecule has 104 valence electrons. The van der Waals surface area contributed by atoms with E-state index in [4.69, 9.17) is 11.6 Å². The van der Waals surface area contributed by atoms with Gasteiger partial charge in [-0.3, -0.25) is 0 Å². The van der Waals surface area contributed by atoms with Gasteiger partial charge in [-0.25, -0.2) is 12.7 Å². The van der Waals surface area contributed by atoms with E-state index in [0.717, 1.165) is 17.8 Å². The maximum absolute atomic E-state index is 12.2. The SMILES string of the molecule is CN(C)CCCN(C)S(=O)(=O)c1ccc(CCl)s1. The average molecular weight is 311 g/mol. The first kappa shape index (κ1) is 15.9. The highest BCUT2D eigenvalue weighted by molar-refractivity contribution is 7.91. The van der Waals surface area contributed by atoms with Crippen LogP contribution in [-0.4, -0.2) is 51.9 Å². The molecule has 4 nitrogen and oxygen atoms in total. The lowest BCUT2D eigenvalue weighted by atomic mass is 10.4. The molecule has 1 heterocycles. The first-order chi connectivity index (χ1) is 8.37. The van der Waals surface area contributed by atoms with Crippen LogP contribution in [0.2, 0.25) is 0 Å². The van der Waals surface area contributed by atoms with Gasteiger partial charge in [0, 0.05) is 18.5 Å². The molecule has 0 atom stereocenters. The van der Waals surface area contributed by atoms with Gasteiger partial charge in [0.05, 0.1) is 5.88 Å². The molecule has 7 heteroatoms. The molecule has 0 saturated carbocycles. The molecule has 0 aliphatic heterocycles. The lowest BCUT2D eigenvalue weighted by molar-refractivity contribution is 0.370. The molecule has 0 aromatic carbocycles. The standard InChI is InChI=1S/C11H19ClN2O2S2/c1-13(2)7-4-8-14(3)18(15,16)11-6-5-10(9-12)17-11/h5-6H,4,7-9H2,1-3H3. The zero-order valence-electron chi connectivity index (χ0n) is 10.9. The van der Waals surface area contributed by atoms with E-state index in [1.807, 2.05) is 19.0 Å². The van der Waals surface area contributed by atoms with Crippen molar-refractivity contribution in [2.75, 3.05) is 34.2 Å². The number of hydrogen-bond donors (Lipinski definition) is 0. The summed E-state index contributed by atoms with van der Waals surface area (Å²) in [6, 6.07) is 3.39. The van der Waals surface area contributed by atoms with E-state index >= 15 is 0 Å². The largest absolute Gasteiger partial charge is 0.309 e. The Hall–Kier alpha value is -0.140. The van der Waals surface area contributed by atoms with E-state index in [1.165, 1.54) is 15.6 Å². The van der Waals surface area contributed by atoms with Crippen molar-refractivity contribution in [3.8, 4) is 0 Å². The first-order valence-electron chi connectivity index (χ1n) is 5.63. The molecular weight excluding hydrogens is 292 g/mol. The summed E-state index contributed by atoms with van der Waals surface area (Å²) in [6.45, 7) is 1.39. The minimum atomic E-state index is -3.35. The number of rotatable bonds is 7. The van der Waals surface area contributed by atoms with Gasteiger partial charge in [0.2, 0.25) is 0 Å². The Bertz CT molecular complexity index is 471. The summed E-state index contributed by atoms with van der Waals surface area (Å²) >= 11 is 6.92. The van der Waals surface area contributed by atoms with Crippen molar-refractivity contribution in [1.29, 1.82) is 0 Å². The van der Waals surface area contributed by atoms with Crippen LogP contribution in [-0.2, 0) is 15.9 Å². The smallest absolute Gasteiger partial charge is 0.252 e. The van der Waals surface area contributed by atoms with Crippen molar-refractivity contribution in [2.24, 2.45) is 0 Å². The highest BCUT2D eigenvalue weighted by Gasteiger charge is 2.22. The van der Waals surface area contributed by atoms with Crippen LogP contribution in [0.5, 0.6) is 0 Å². The number of sulfonamides is 1. The summed E-state index contributed by atoms with van der Waals surface area (Å²) in [5, 5.41) is 0. The summed E-state index contributed by atoms with van der Waals surface area (Å²) in [7, 11) is 2.21. The van der Waals surface area contributed by atoms with Gasteiger partial charge in [0.25, 0.3) is 10.0 Å². The van der Waals surface area contributed by atoms with Gasteiger partial charge in [-0.1, -0.05) is 0 Å². The van der Waals surface area contributed by atoms with Crippen molar-refractivity contribution in [2.45, 2.75) is 16.5 Å². The van der Waals surface area contributed by atoms with Gasteiger partial charge in [-0.15, -0.1) is 22.9 Å². The fourth-order valence-corrected chi connectivity index (χ4v) is 4.33. The monoisotopic (exact) mass is 310 g/mol. The lowest BCUT2D eigenvalue weighted by Gasteiger charge is -2.17. The molecule has 0 spiro atoms. The second-order valence-corrected chi connectivity index (χ2v) is 8.05. The lowest BCUT2D eigenvalue weighted by Crippen LogP contribution is -2.29. The second-order valence-electron chi connectivity index (χ2n) is 4.34. The molecule has 0 radical (unpaired) electrons. The third kappa shape index (κ3) is 4.20.